The summed E-state index contributed by atoms with van der Waals surface area (Å²) in [6.45, 7) is 0.492. The fourth-order valence-electron chi connectivity index (χ4n) is 3.18. The van der Waals surface area contributed by atoms with E-state index in [-0.39, 0.29) is 11.8 Å². The summed E-state index contributed by atoms with van der Waals surface area (Å²) in [4.78, 5) is 18.7. The van der Waals surface area contributed by atoms with Gasteiger partial charge >= 0.3 is 0 Å². The molecule has 0 radical (unpaired) electrons. The average molecular weight is 365 g/mol. The molecule has 0 bridgehead atoms. The maximum absolute atomic E-state index is 12.5. The molecule has 1 amide bonds. The summed E-state index contributed by atoms with van der Waals surface area (Å²) in [7, 11) is 3.21. The fraction of sp³-hybridized carbons (Fsp3) is 0.250. The molecule has 1 aromatic heterocycles. The van der Waals surface area contributed by atoms with Crippen LogP contribution in [0.2, 0.25) is 0 Å². The highest BCUT2D eigenvalue weighted by Gasteiger charge is 2.35. The minimum atomic E-state index is -0.143. The zero-order valence-electron chi connectivity index (χ0n) is 15.1. The lowest BCUT2D eigenvalue weighted by atomic mass is 10.1. The largest absolute Gasteiger partial charge is 0.497 e. The summed E-state index contributed by atoms with van der Waals surface area (Å²) in [6.07, 6.45) is 0.330. The van der Waals surface area contributed by atoms with Crippen LogP contribution < -0.4 is 14.4 Å². The molecule has 1 fully saturated rings. The Morgan fingerprint density at radius 1 is 1.07 bits per heavy atom. The lowest BCUT2D eigenvalue weighted by Gasteiger charge is -2.16. The number of hydrogen-bond acceptors (Lipinski definition) is 6. The Bertz CT molecular complexity index is 969. The predicted octanol–water partition coefficient (Wildman–Crippen LogP) is 3.27. The zero-order valence-corrected chi connectivity index (χ0v) is 15.1. The molecule has 2 aromatic carbocycles. The second-order valence-corrected chi connectivity index (χ2v) is 6.30. The molecule has 1 aliphatic heterocycles. The number of benzene rings is 2. The van der Waals surface area contributed by atoms with Crippen molar-refractivity contribution in [2.24, 2.45) is 0 Å². The topological polar surface area (TPSA) is 77.7 Å². The normalized spacial score (nSPS) is 16.6. The molecule has 1 atom stereocenters. The van der Waals surface area contributed by atoms with Crippen LogP contribution in [0.4, 0.5) is 5.69 Å². The molecule has 3 aromatic rings. The minimum absolute atomic E-state index is 0.0226. The number of amides is 1. The Balaban J connectivity index is 1.55. The molecule has 4 rings (SSSR count). The molecule has 1 aliphatic rings. The van der Waals surface area contributed by atoms with Gasteiger partial charge in [-0.3, -0.25) is 4.79 Å². The number of anilines is 1. The molecule has 0 spiro atoms. The second-order valence-electron chi connectivity index (χ2n) is 6.30. The van der Waals surface area contributed by atoms with Crippen LogP contribution in [-0.2, 0) is 4.79 Å². The third kappa shape index (κ3) is 3.36. The van der Waals surface area contributed by atoms with Gasteiger partial charge in [0, 0.05) is 30.3 Å². The molecule has 0 aliphatic carbocycles. The van der Waals surface area contributed by atoms with Crippen LogP contribution in [0.5, 0.6) is 11.5 Å². The van der Waals surface area contributed by atoms with Crippen molar-refractivity contribution in [2.75, 3.05) is 25.7 Å². The molecule has 138 valence electrons. The van der Waals surface area contributed by atoms with Crippen molar-refractivity contribution in [2.45, 2.75) is 12.3 Å². The van der Waals surface area contributed by atoms with Crippen molar-refractivity contribution in [3.63, 3.8) is 0 Å². The summed E-state index contributed by atoms with van der Waals surface area (Å²) in [5, 5.41) is 4.07. The van der Waals surface area contributed by atoms with E-state index < -0.39 is 0 Å². The number of carbonyl (C=O) groups excluding carboxylic acids is 1. The van der Waals surface area contributed by atoms with Gasteiger partial charge in [-0.25, -0.2) is 0 Å². The molecule has 1 saturated heterocycles. The quantitative estimate of drug-likeness (QED) is 0.691. The number of hydrogen-bond donors (Lipinski definition) is 0. The number of ether oxygens (including phenoxy) is 2. The number of rotatable bonds is 5. The van der Waals surface area contributed by atoms with E-state index in [1.165, 1.54) is 0 Å². The van der Waals surface area contributed by atoms with E-state index in [1.807, 2.05) is 48.5 Å². The standard InChI is InChI=1S/C20H19N3O4/c1-25-16-7-3-5-13(9-16)19-21-20(27-22-19)14-10-18(24)23(12-14)15-6-4-8-17(11-15)26-2/h3-9,11,14H,10,12H2,1-2H3. The van der Waals surface area contributed by atoms with Gasteiger partial charge in [0.15, 0.2) is 0 Å². The van der Waals surface area contributed by atoms with Gasteiger partial charge in [-0.1, -0.05) is 23.4 Å². The molecular weight excluding hydrogens is 346 g/mol. The van der Waals surface area contributed by atoms with E-state index in [0.29, 0.717) is 30.4 Å². The SMILES string of the molecule is COc1cccc(-c2noc(C3CC(=O)N(c4cccc(OC)c4)C3)n2)c1. The van der Waals surface area contributed by atoms with Crippen LogP contribution in [0.15, 0.2) is 53.1 Å². The monoisotopic (exact) mass is 365 g/mol. The summed E-state index contributed by atoms with van der Waals surface area (Å²) in [6, 6.07) is 14.9. The van der Waals surface area contributed by atoms with E-state index in [0.717, 1.165) is 17.0 Å². The van der Waals surface area contributed by atoms with Gasteiger partial charge in [0.05, 0.1) is 20.1 Å². The highest BCUT2D eigenvalue weighted by Crippen LogP contribution is 2.33. The van der Waals surface area contributed by atoms with Gasteiger partial charge in [-0.15, -0.1) is 0 Å². The van der Waals surface area contributed by atoms with Crippen molar-refractivity contribution < 1.29 is 18.8 Å². The summed E-state index contributed by atoms with van der Waals surface area (Å²) < 4.78 is 15.9. The Kier molecular flexibility index (Phi) is 4.50. The van der Waals surface area contributed by atoms with Crippen LogP contribution in [0, 0.1) is 0 Å². The Morgan fingerprint density at radius 3 is 2.59 bits per heavy atom. The third-order valence-corrected chi connectivity index (χ3v) is 4.61. The lowest BCUT2D eigenvalue weighted by molar-refractivity contribution is -0.117. The molecule has 0 N–H and O–H groups in total. The maximum Gasteiger partial charge on any atom is 0.232 e. The van der Waals surface area contributed by atoms with Crippen molar-refractivity contribution in [3.8, 4) is 22.9 Å². The first-order valence-corrected chi connectivity index (χ1v) is 8.60. The first-order chi connectivity index (χ1) is 13.2. The smallest absolute Gasteiger partial charge is 0.232 e. The zero-order chi connectivity index (χ0) is 18.8. The van der Waals surface area contributed by atoms with Gasteiger partial charge < -0.3 is 18.9 Å². The van der Waals surface area contributed by atoms with E-state index in [4.69, 9.17) is 14.0 Å². The Hall–Kier alpha value is -3.35. The van der Waals surface area contributed by atoms with Gasteiger partial charge in [-0.05, 0) is 24.3 Å². The van der Waals surface area contributed by atoms with Crippen molar-refractivity contribution in [3.05, 3.63) is 54.4 Å². The Labute approximate surface area is 156 Å². The van der Waals surface area contributed by atoms with Gasteiger partial charge in [0.2, 0.25) is 17.6 Å². The van der Waals surface area contributed by atoms with Crippen molar-refractivity contribution in [1.82, 2.24) is 10.1 Å². The van der Waals surface area contributed by atoms with E-state index >= 15 is 0 Å². The molecular formula is C20H19N3O4. The first kappa shape index (κ1) is 17.1. The van der Waals surface area contributed by atoms with E-state index in [9.17, 15) is 4.79 Å². The summed E-state index contributed by atoms with van der Waals surface area (Å²) in [5.74, 6) is 2.26. The highest BCUT2D eigenvalue weighted by molar-refractivity contribution is 5.96. The Morgan fingerprint density at radius 2 is 1.81 bits per heavy atom. The summed E-state index contributed by atoms with van der Waals surface area (Å²) in [5.41, 5.74) is 1.60. The number of carbonyl (C=O) groups is 1. The molecule has 27 heavy (non-hydrogen) atoms. The molecule has 2 heterocycles. The summed E-state index contributed by atoms with van der Waals surface area (Å²) >= 11 is 0. The number of nitrogens with zero attached hydrogens (tertiary/aromatic N) is 3. The second kappa shape index (κ2) is 7.11. The van der Waals surface area contributed by atoms with Crippen molar-refractivity contribution >= 4 is 11.6 Å². The van der Waals surface area contributed by atoms with Gasteiger partial charge in [0.1, 0.15) is 11.5 Å². The molecule has 0 saturated carbocycles. The highest BCUT2D eigenvalue weighted by atomic mass is 16.5. The minimum Gasteiger partial charge on any atom is -0.497 e. The van der Waals surface area contributed by atoms with Crippen LogP contribution >= 0.6 is 0 Å². The van der Waals surface area contributed by atoms with Crippen LogP contribution in [-0.4, -0.2) is 36.8 Å². The first-order valence-electron chi connectivity index (χ1n) is 8.60. The maximum atomic E-state index is 12.5. The number of methoxy groups -OCH3 is 2. The molecule has 7 heteroatoms. The van der Waals surface area contributed by atoms with Crippen LogP contribution in [0.25, 0.3) is 11.4 Å². The molecule has 1 unspecified atom stereocenters. The van der Waals surface area contributed by atoms with Crippen LogP contribution in [0.1, 0.15) is 18.2 Å². The number of aromatic nitrogens is 2. The fourth-order valence-corrected chi connectivity index (χ4v) is 3.18. The van der Waals surface area contributed by atoms with E-state index in [1.54, 1.807) is 19.1 Å². The van der Waals surface area contributed by atoms with Gasteiger partial charge in [0.25, 0.3) is 0 Å². The van der Waals surface area contributed by atoms with Crippen LogP contribution in [0.3, 0.4) is 0 Å². The average Bonchev–Trinajstić information content (AvgIpc) is 3.35. The molecule has 7 nitrogen and oxygen atoms in total. The third-order valence-electron chi connectivity index (χ3n) is 4.61. The van der Waals surface area contributed by atoms with E-state index in [2.05, 4.69) is 10.1 Å². The lowest BCUT2D eigenvalue weighted by Crippen LogP contribution is -2.24. The predicted molar refractivity (Wildman–Crippen MR) is 99.0 cm³/mol. The van der Waals surface area contributed by atoms with Gasteiger partial charge in [-0.2, -0.15) is 4.98 Å². The van der Waals surface area contributed by atoms with Crippen molar-refractivity contribution in [1.29, 1.82) is 0 Å².